The molecule has 0 saturated carbocycles. The SMILES string of the molecule is O=C(O)CN1CCN(CC(=O)O)CCN(CC(=O)CO)CCN(CC(=O)O)CC1. The van der Waals surface area contributed by atoms with Crippen LogP contribution in [0, 0.1) is 0 Å². The number of carbonyl (C=O) groups is 4. The van der Waals surface area contributed by atoms with E-state index in [1.165, 1.54) is 0 Å². The lowest BCUT2D eigenvalue weighted by molar-refractivity contribution is -0.140. The van der Waals surface area contributed by atoms with Gasteiger partial charge in [0, 0.05) is 52.4 Å². The zero-order chi connectivity index (χ0) is 21.8. The quantitative estimate of drug-likeness (QED) is 0.301. The Morgan fingerprint density at radius 2 is 0.759 bits per heavy atom. The Kier molecular flexibility index (Phi) is 11.3. The van der Waals surface area contributed by atoms with Crippen molar-refractivity contribution < 1.29 is 39.6 Å². The first-order chi connectivity index (χ1) is 13.7. The van der Waals surface area contributed by atoms with E-state index in [0.29, 0.717) is 52.4 Å². The van der Waals surface area contributed by atoms with Crippen LogP contribution in [0.15, 0.2) is 0 Å². The Balaban J connectivity index is 2.92. The molecule has 1 saturated heterocycles. The van der Waals surface area contributed by atoms with Gasteiger partial charge in [0.1, 0.15) is 6.61 Å². The predicted molar refractivity (Wildman–Crippen MR) is 101 cm³/mol. The second-order valence-electron chi connectivity index (χ2n) is 6.98. The van der Waals surface area contributed by atoms with Crippen LogP contribution in [0.4, 0.5) is 0 Å². The summed E-state index contributed by atoms with van der Waals surface area (Å²) in [5.41, 5.74) is 0. The summed E-state index contributed by atoms with van der Waals surface area (Å²) in [6.07, 6.45) is 0. The van der Waals surface area contributed by atoms with Crippen molar-refractivity contribution in [1.82, 2.24) is 19.6 Å². The van der Waals surface area contributed by atoms with Crippen LogP contribution < -0.4 is 0 Å². The topological polar surface area (TPSA) is 162 Å². The van der Waals surface area contributed by atoms with Crippen molar-refractivity contribution in [2.45, 2.75) is 0 Å². The highest BCUT2D eigenvalue weighted by Crippen LogP contribution is 2.01. The van der Waals surface area contributed by atoms with Crippen LogP contribution in [0.5, 0.6) is 0 Å². The standard InChI is InChI=1S/C17H30N4O8/c22-13-14(23)9-18-1-3-19(10-15(24)25)5-7-21(12-17(28)29)8-6-20(4-2-18)11-16(26)27/h22H,1-13H2,(H,24,25)(H,26,27)(H,28,29). The predicted octanol–water partition coefficient (Wildman–Crippen LogP) is -2.98. The zero-order valence-electron chi connectivity index (χ0n) is 16.4. The number of hydrogen-bond donors (Lipinski definition) is 4. The summed E-state index contributed by atoms with van der Waals surface area (Å²) in [5.74, 6) is -3.40. The summed E-state index contributed by atoms with van der Waals surface area (Å²) in [6, 6.07) is 0. The van der Waals surface area contributed by atoms with Crippen molar-refractivity contribution in [2.24, 2.45) is 0 Å². The highest BCUT2D eigenvalue weighted by atomic mass is 16.4. The molecule has 1 rings (SSSR count). The third-order valence-electron chi connectivity index (χ3n) is 4.58. The summed E-state index contributed by atoms with van der Waals surface area (Å²) < 4.78 is 0. The Morgan fingerprint density at radius 1 is 0.517 bits per heavy atom. The largest absolute Gasteiger partial charge is 0.480 e. The Bertz CT molecular complexity index is 542. The van der Waals surface area contributed by atoms with Gasteiger partial charge in [0.25, 0.3) is 0 Å². The third kappa shape index (κ3) is 11.5. The number of aliphatic hydroxyl groups is 1. The second-order valence-corrected chi connectivity index (χ2v) is 6.98. The number of hydrogen-bond acceptors (Lipinski definition) is 9. The summed E-state index contributed by atoms with van der Waals surface area (Å²) in [4.78, 5) is 51.8. The van der Waals surface area contributed by atoms with Crippen molar-refractivity contribution in [1.29, 1.82) is 0 Å². The summed E-state index contributed by atoms with van der Waals surface area (Å²) in [6.45, 7) is 1.41. The van der Waals surface area contributed by atoms with Crippen LogP contribution in [-0.4, -0.2) is 149 Å². The molecule has 0 bridgehead atoms. The minimum Gasteiger partial charge on any atom is -0.480 e. The van der Waals surface area contributed by atoms with Gasteiger partial charge in [0.2, 0.25) is 0 Å². The normalized spacial score (nSPS) is 19.2. The van der Waals surface area contributed by atoms with Gasteiger partial charge in [-0.1, -0.05) is 0 Å². The van der Waals surface area contributed by atoms with E-state index in [0.717, 1.165) is 0 Å². The molecule has 0 aliphatic carbocycles. The highest BCUT2D eigenvalue weighted by Gasteiger charge is 2.20. The molecular formula is C17H30N4O8. The van der Waals surface area contributed by atoms with E-state index < -0.39 is 24.5 Å². The minimum atomic E-state index is -1.01. The van der Waals surface area contributed by atoms with E-state index in [-0.39, 0.29) is 32.0 Å². The van der Waals surface area contributed by atoms with Crippen LogP contribution in [0.2, 0.25) is 0 Å². The van der Waals surface area contributed by atoms with Crippen molar-refractivity contribution in [2.75, 3.05) is 85.1 Å². The van der Waals surface area contributed by atoms with Gasteiger partial charge in [0.05, 0.1) is 26.2 Å². The van der Waals surface area contributed by atoms with Crippen LogP contribution in [0.25, 0.3) is 0 Å². The van der Waals surface area contributed by atoms with Crippen molar-refractivity contribution in [3.05, 3.63) is 0 Å². The molecule has 1 fully saturated rings. The molecule has 29 heavy (non-hydrogen) atoms. The molecule has 1 aliphatic rings. The smallest absolute Gasteiger partial charge is 0.317 e. The first kappa shape index (κ1) is 24.9. The molecule has 12 heteroatoms. The van der Waals surface area contributed by atoms with Crippen LogP contribution >= 0.6 is 0 Å². The number of ketones is 1. The molecule has 4 N–H and O–H groups in total. The molecule has 0 atom stereocenters. The maximum absolute atomic E-state index is 11.6. The summed E-state index contributed by atoms with van der Waals surface area (Å²) >= 11 is 0. The molecule has 0 aromatic heterocycles. The van der Waals surface area contributed by atoms with Crippen LogP contribution in [0.3, 0.4) is 0 Å². The molecule has 1 heterocycles. The summed E-state index contributed by atoms with van der Waals surface area (Å²) in [5, 5.41) is 36.4. The molecule has 0 radical (unpaired) electrons. The van der Waals surface area contributed by atoms with Gasteiger partial charge in [0.15, 0.2) is 5.78 Å². The summed E-state index contributed by atoms with van der Waals surface area (Å²) in [7, 11) is 0. The lowest BCUT2D eigenvalue weighted by Gasteiger charge is -2.32. The molecular weight excluding hydrogens is 388 g/mol. The van der Waals surface area contributed by atoms with Gasteiger partial charge >= 0.3 is 17.9 Å². The van der Waals surface area contributed by atoms with Gasteiger partial charge in [-0.15, -0.1) is 0 Å². The van der Waals surface area contributed by atoms with Gasteiger partial charge in [-0.2, -0.15) is 0 Å². The Hall–Kier alpha value is -2.12. The van der Waals surface area contributed by atoms with Gasteiger partial charge in [-0.3, -0.25) is 38.8 Å². The zero-order valence-corrected chi connectivity index (χ0v) is 16.4. The highest BCUT2D eigenvalue weighted by molar-refractivity contribution is 5.81. The van der Waals surface area contributed by atoms with E-state index >= 15 is 0 Å². The minimum absolute atomic E-state index is 0.0105. The fourth-order valence-electron chi connectivity index (χ4n) is 3.08. The monoisotopic (exact) mass is 418 g/mol. The molecule has 0 aromatic carbocycles. The van der Waals surface area contributed by atoms with Crippen LogP contribution in [0.1, 0.15) is 0 Å². The van der Waals surface area contributed by atoms with E-state index in [1.807, 2.05) is 0 Å². The average Bonchev–Trinajstić information content (AvgIpc) is 2.62. The average molecular weight is 418 g/mol. The molecule has 1 aliphatic heterocycles. The fourth-order valence-corrected chi connectivity index (χ4v) is 3.08. The van der Waals surface area contributed by atoms with E-state index in [4.69, 9.17) is 20.4 Å². The third-order valence-corrected chi connectivity index (χ3v) is 4.58. The molecule has 0 amide bonds. The van der Waals surface area contributed by atoms with Gasteiger partial charge in [-0.25, -0.2) is 0 Å². The number of Topliss-reactive ketones (excluding diaryl/α,β-unsaturated/α-hetero) is 1. The number of aliphatic hydroxyl groups excluding tert-OH is 1. The number of carboxylic acid groups (broad SMARTS) is 3. The number of aliphatic carboxylic acids is 3. The number of carbonyl (C=O) groups excluding carboxylic acids is 1. The first-order valence-electron chi connectivity index (χ1n) is 9.37. The van der Waals surface area contributed by atoms with Gasteiger partial charge < -0.3 is 20.4 Å². The second kappa shape index (κ2) is 13.2. The first-order valence-corrected chi connectivity index (χ1v) is 9.37. The maximum Gasteiger partial charge on any atom is 0.317 e. The van der Waals surface area contributed by atoms with E-state index in [2.05, 4.69) is 0 Å². The lowest BCUT2D eigenvalue weighted by atomic mass is 10.3. The van der Waals surface area contributed by atoms with Crippen LogP contribution in [-0.2, 0) is 19.2 Å². The molecule has 0 unspecified atom stereocenters. The van der Waals surface area contributed by atoms with Gasteiger partial charge in [-0.05, 0) is 0 Å². The van der Waals surface area contributed by atoms with E-state index in [9.17, 15) is 19.2 Å². The number of nitrogens with zero attached hydrogens (tertiary/aromatic N) is 4. The fraction of sp³-hybridized carbons (Fsp3) is 0.765. The Morgan fingerprint density at radius 3 is 0.966 bits per heavy atom. The van der Waals surface area contributed by atoms with Crippen molar-refractivity contribution in [3.8, 4) is 0 Å². The van der Waals surface area contributed by atoms with E-state index in [1.54, 1.807) is 19.6 Å². The van der Waals surface area contributed by atoms with Crippen molar-refractivity contribution in [3.63, 3.8) is 0 Å². The molecule has 0 spiro atoms. The lowest BCUT2D eigenvalue weighted by Crippen LogP contribution is -2.49. The Labute approximate surface area is 168 Å². The molecule has 0 aromatic rings. The number of rotatable bonds is 9. The number of carboxylic acids is 3. The maximum atomic E-state index is 11.6. The molecule has 12 nitrogen and oxygen atoms in total. The molecule has 166 valence electrons. The van der Waals surface area contributed by atoms with Crippen molar-refractivity contribution >= 4 is 23.7 Å².